The van der Waals surface area contributed by atoms with Crippen LogP contribution in [0.2, 0.25) is 0 Å². The molecule has 0 radical (unpaired) electrons. The molecular weight excluding hydrogens is 308 g/mol. The number of aromatic amines is 2. The summed E-state index contributed by atoms with van der Waals surface area (Å²) in [5, 5.41) is 7.11. The molecule has 4 rings (SSSR count). The molecule has 4 heterocycles. The van der Waals surface area contributed by atoms with Crippen molar-refractivity contribution < 1.29 is 4.79 Å². The summed E-state index contributed by atoms with van der Waals surface area (Å²) in [6, 6.07) is 0. The zero-order valence-corrected chi connectivity index (χ0v) is 13.6. The van der Waals surface area contributed by atoms with E-state index in [-0.39, 0.29) is 5.56 Å². The number of carbonyl (C=O) groups is 1. The minimum absolute atomic E-state index is 0.162. The van der Waals surface area contributed by atoms with Gasteiger partial charge >= 0.3 is 0 Å². The quantitative estimate of drug-likeness (QED) is 0.870. The molecule has 2 aromatic heterocycles. The normalized spacial score (nSPS) is 20.1. The molecule has 2 aliphatic rings. The molecule has 2 N–H and O–H groups in total. The van der Waals surface area contributed by atoms with Crippen molar-refractivity contribution >= 4 is 22.9 Å². The number of H-pyrrole nitrogens is 2. The van der Waals surface area contributed by atoms with Gasteiger partial charge in [-0.25, -0.2) is 0 Å². The molecule has 8 heteroatoms. The van der Waals surface area contributed by atoms with E-state index in [0.717, 1.165) is 51.9 Å². The highest BCUT2D eigenvalue weighted by Gasteiger charge is 2.26. The lowest BCUT2D eigenvalue weighted by atomic mass is 9.95. The summed E-state index contributed by atoms with van der Waals surface area (Å²) in [6.45, 7) is 3.46. The van der Waals surface area contributed by atoms with Gasteiger partial charge in [-0.1, -0.05) is 0 Å². The van der Waals surface area contributed by atoms with Gasteiger partial charge in [0.1, 0.15) is 5.39 Å². The molecule has 2 aromatic rings. The minimum Gasteiger partial charge on any atom is -0.342 e. The third-order valence-electron chi connectivity index (χ3n) is 5.12. The van der Waals surface area contributed by atoms with Crippen LogP contribution in [0.3, 0.4) is 0 Å². The molecule has 0 atom stereocenters. The maximum Gasteiger partial charge on any atom is 0.263 e. The Morgan fingerprint density at radius 2 is 2.00 bits per heavy atom. The highest BCUT2D eigenvalue weighted by Crippen LogP contribution is 2.23. The number of likely N-dealkylation sites (tertiary alicyclic amines) is 1. The summed E-state index contributed by atoms with van der Waals surface area (Å²) in [5.74, 6) is 1.44. The fraction of sp³-hybridized carbons (Fsp3) is 0.625. The van der Waals surface area contributed by atoms with E-state index >= 15 is 0 Å². The van der Waals surface area contributed by atoms with Crippen molar-refractivity contribution in [2.75, 3.05) is 31.1 Å². The second kappa shape index (κ2) is 6.26. The van der Waals surface area contributed by atoms with Gasteiger partial charge in [0.05, 0.1) is 6.20 Å². The zero-order valence-electron chi connectivity index (χ0n) is 13.6. The summed E-state index contributed by atoms with van der Waals surface area (Å²) in [6.07, 6.45) is 6.37. The summed E-state index contributed by atoms with van der Waals surface area (Å²) in [4.78, 5) is 35.4. The van der Waals surface area contributed by atoms with Crippen LogP contribution in [0.15, 0.2) is 11.0 Å². The summed E-state index contributed by atoms with van der Waals surface area (Å²) < 4.78 is 0. The number of piperidine rings is 2. The molecule has 0 saturated carbocycles. The fourth-order valence-electron chi connectivity index (χ4n) is 3.68. The van der Waals surface area contributed by atoms with Crippen LogP contribution in [0, 0.1) is 5.92 Å². The number of nitrogens with zero attached hydrogens (tertiary/aromatic N) is 4. The molecule has 2 saturated heterocycles. The lowest BCUT2D eigenvalue weighted by molar-refractivity contribution is -0.134. The number of rotatable bonds is 3. The molecule has 128 valence electrons. The average Bonchev–Trinajstić information content (AvgIpc) is 3.07. The van der Waals surface area contributed by atoms with E-state index < -0.39 is 0 Å². The maximum absolute atomic E-state index is 12.0. The van der Waals surface area contributed by atoms with Crippen molar-refractivity contribution in [3.05, 3.63) is 16.6 Å². The molecule has 1 amide bonds. The monoisotopic (exact) mass is 330 g/mol. The summed E-state index contributed by atoms with van der Waals surface area (Å²) in [7, 11) is 0. The number of anilines is 1. The Labute approximate surface area is 139 Å². The Balaban J connectivity index is 1.40. The van der Waals surface area contributed by atoms with Crippen LogP contribution in [-0.2, 0) is 4.79 Å². The Morgan fingerprint density at radius 1 is 1.17 bits per heavy atom. The Kier molecular flexibility index (Phi) is 3.95. The van der Waals surface area contributed by atoms with E-state index in [0.29, 0.717) is 35.2 Å². The van der Waals surface area contributed by atoms with E-state index in [9.17, 15) is 9.59 Å². The highest BCUT2D eigenvalue weighted by molar-refractivity contribution is 5.76. The Bertz CT molecular complexity index is 789. The number of nitrogens with one attached hydrogen (secondary N) is 2. The maximum atomic E-state index is 12.0. The number of aromatic nitrogens is 4. The molecular formula is C16H22N6O2. The van der Waals surface area contributed by atoms with Crippen LogP contribution in [0.1, 0.15) is 32.1 Å². The van der Waals surface area contributed by atoms with Crippen molar-refractivity contribution in [2.24, 2.45) is 5.92 Å². The van der Waals surface area contributed by atoms with Gasteiger partial charge in [-0.2, -0.15) is 10.1 Å². The first-order chi connectivity index (χ1) is 11.7. The van der Waals surface area contributed by atoms with Crippen molar-refractivity contribution in [1.29, 1.82) is 0 Å². The van der Waals surface area contributed by atoms with E-state index in [1.807, 2.05) is 4.90 Å². The highest BCUT2D eigenvalue weighted by atomic mass is 16.2. The van der Waals surface area contributed by atoms with Gasteiger partial charge in [0, 0.05) is 32.6 Å². The zero-order chi connectivity index (χ0) is 16.5. The van der Waals surface area contributed by atoms with Gasteiger partial charge in [-0.15, -0.1) is 0 Å². The van der Waals surface area contributed by atoms with Crippen LogP contribution in [-0.4, -0.2) is 57.2 Å². The van der Waals surface area contributed by atoms with Gasteiger partial charge < -0.3 is 9.80 Å². The van der Waals surface area contributed by atoms with E-state index in [1.54, 1.807) is 0 Å². The van der Waals surface area contributed by atoms with Crippen molar-refractivity contribution in [1.82, 2.24) is 25.1 Å². The topological polar surface area (TPSA) is 98.0 Å². The van der Waals surface area contributed by atoms with Crippen LogP contribution >= 0.6 is 0 Å². The van der Waals surface area contributed by atoms with Crippen molar-refractivity contribution in [3.63, 3.8) is 0 Å². The number of fused-ring (bicyclic) bond motifs is 1. The Hall–Kier alpha value is -2.38. The van der Waals surface area contributed by atoms with Crippen LogP contribution < -0.4 is 10.5 Å². The fourth-order valence-corrected chi connectivity index (χ4v) is 3.68. The predicted octanol–water partition coefficient (Wildman–Crippen LogP) is 0.875. The SMILES string of the molecule is O=C1CCCCN1CC1CCN(c2nc3[nH]ncc3c(=O)[nH]2)CC1. The largest absolute Gasteiger partial charge is 0.342 e. The first kappa shape index (κ1) is 15.2. The molecule has 2 aliphatic heterocycles. The Morgan fingerprint density at radius 3 is 2.79 bits per heavy atom. The lowest BCUT2D eigenvalue weighted by Gasteiger charge is -2.36. The van der Waals surface area contributed by atoms with Crippen LogP contribution in [0.4, 0.5) is 5.95 Å². The second-order valence-corrected chi connectivity index (χ2v) is 6.75. The molecule has 0 spiro atoms. The van der Waals surface area contributed by atoms with E-state index in [1.165, 1.54) is 6.20 Å². The number of hydrogen-bond acceptors (Lipinski definition) is 5. The van der Waals surface area contributed by atoms with E-state index in [4.69, 9.17) is 0 Å². The molecule has 8 nitrogen and oxygen atoms in total. The van der Waals surface area contributed by atoms with Crippen LogP contribution in [0.25, 0.3) is 11.0 Å². The third-order valence-corrected chi connectivity index (χ3v) is 5.12. The van der Waals surface area contributed by atoms with Crippen LogP contribution in [0.5, 0.6) is 0 Å². The molecule has 0 unspecified atom stereocenters. The smallest absolute Gasteiger partial charge is 0.263 e. The summed E-state index contributed by atoms with van der Waals surface area (Å²) in [5.41, 5.74) is 0.361. The first-order valence-corrected chi connectivity index (χ1v) is 8.67. The van der Waals surface area contributed by atoms with Crippen molar-refractivity contribution in [3.8, 4) is 0 Å². The molecule has 0 bridgehead atoms. The lowest BCUT2D eigenvalue weighted by Crippen LogP contribution is -2.43. The number of amides is 1. The predicted molar refractivity (Wildman–Crippen MR) is 89.9 cm³/mol. The molecule has 24 heavy (non-hydrogen) atoms. The number of carbonyl (C=O) groups excluding carboxylic acids is 1. The van der Waals surface area contributed by atoms with Gasteiger partial charge in [0.25, 0.3) is 5.56 Å². The first-order valence-electron chi connectivity index (χ1n) is 8.67. The second-order valence-electron chi connectivity index (χ2n) is 6.75. The summed E-state index contributed by atoms with van der Waals surface area (Å²) >= 11 is 0. The average molecular weight is 330 g/mol. The van der Waals surface area contributed by atoms with Gasteiger partial charge in [-0.3, -0.25) is 19.7 Å². The van der Waals surface area contributed by atoms with Gasteiger partial charge in [0.15, 0.2) is 5.65 Å². The molecule has 2 fully saturated rings. The standard InChI is InChI=1S/C16H22N6O2/c23-13-3-1-2-6-22(13)10-11-4-7-21(8-5-11)16-18-14-12(9-17-20-14)15(24)19-16/h9,11H,1-8,10H2,(H2,17,18,19,20,24). The third kappa shape index (κ3) is 2.88. The number of hydrogen-bond donors (Lipinski definition) is 2. The van der Waals surface area contributed by atoms with E-state index in [2.05, 4.69) is 25.1 Å². The van der Waals surface area contributed by atoms with Gasteiger partial charge in [-0.05, 0) is 31.6 Å². The molecule has 0 aliphatic carbocycles. The van der Waals surface area contributed by atoms with Gasteiger partial charge in [0.2, 0.25) is 11.9 Å². The minimum atomic E-state index is -0.162. The van der Waals surface area contributed by atoms with Crippen molar-refractivity contribution in [2.45, 2.75) is 32.1 Å². The molecule has 0 aromatic carbocycles.